The zero-order chi connectivity index (χ0) is 25.6. The third kappa shape index (κ3) is 6.10. The molecular formula is C27H26FN5O4. The van der Waals surface area contributed by atoms with Gasteiger partial charge in [0.1, 0.15) is 11.6 Å². The van der Waals surface area contributed by atoms with Crippen molar-refractivity contribution >= 4 is 17.5 Å². The lowest BCUT2D eigenvalue weighted by Crippen LogP contribution is -2.40. The van der Waals surface area contributed by atoms with Crippen molar-refractivity contribution in [3.63, 3.8) is 0 Å². The van der Waals surface area contributed by atoms with E-state index in [1.165, 1.54) is 12.1 Å². The molecular weight excluding hydrogens is 477 g/mol. The van der Waals surface area contributed by atoms with Crippen LogP contribution in [0.15, 0.2) is 75.9 Å². The second-order valence-electron chi connectivity index (χ2n) is 8.89. The van der Waals surface area contributed by atoms with Crippen LogP contribution in [0, 0.1) is 11.7 Å². The normalized spacial score (nSPS) is 15.9. The highest BCUT2D eigenvalue weighted by Gasteiger charge is 2.28. The topological polar surface area (TPSA) is 114 Å². The largest absolute Gasteiger partial charge is 0.467 e. The predicted molar refractivity (Wildman–Crippen MR) is 133 cm³/mol. The van der Waals surface area contributed by atoms with Crippen LogP contribution < -0.4 is 10.6 Å². The van der Waals surface area contributed by atoms with E-state index in [2.05, 4.69) is 25.7 Å². The Bertz CT molecular complexity index is 1350. The van der Waals surface area contributed by atoms with Crippen LogP contribution in [0.1, 0.15) is 34.9 Å². The van der Waals surface area contributed by atoms with Crippen molar-refractivity contribution < 1.29 is 22.9 Å². The summed E-state index contributed by atoms with van der Waals surface area (Å²) in [6.45, 7) is 1.98. The summed E-state index contributed by atoms with van der Waals surface area (Å²) >= 11 is 0. The molecule has 0 spiro atoms. The number of piperidine rings is 1. The number of para-hydroxylation sites is 1. The first-order valence-corrected chi connectivity index (χ1v) is 12.1. The number of carbonyl (C=O) groups is 2. The molecule has 1 saturated heterocycles. The molecule has 4 aromatic rings. The minimum atomic E-state index is -0.331. The number of carbonyl (C=O) groups excluding carboxylic acids is 2. The second-order valence-corrected chi connectivity index (χ2v) is 8.89. The number of nitrogens with one attached hydrogen (secondary N) is 2. The van der Waals surface area contributed by atoms with E-state index in [4.69, 9.17) is 8.94 Å². The van der Waals surface area contributed by atoms with E-state index in [1.54, 1.807) is 54.8 Å². The molecule has 0 aliphatic carbocycles. The highest BCUT2D eigenvalue weighted by molar-refractivity contribution is 6.04. The highest BCUT2D eigenvalue weighted by atomic mass is 19.1. The van der Waals surface area contributed by atoms with Crippen molar-refractivity contribution in [1.29, 1.82) is 0 Å². The molecule has 1 fully saturated rings. The lowest BCUT2D eigenvalue weighted by molar-refractivity contribution is -0.121. The Kier molecular flexibility index (Phi) is 7.36. The van der Waals surface area contributed by atoms with Crippen molar-refractivity contribution in [3.05, 3.63) is 90.0 Å². The monoisotopic (exact) mass is 503 g/mol. The van der Waals surface area contributed by atoms with Crippen LogP contribution in [0.2, 0.25) is 0 Å². The summed E-state index contributed by atoms with van der Waals surface area (Å²) in [5.41, 5.74) is 1.51. The first-order valence-electron chi connectivity index (χ1n) is 12.1. The average Bonchev–Trinajstić information content (AvgIpc) is 3.61. The maximum absolute atomic E-state index is 13.2. The van der Waals surface area contributed by atoms with Crippen molar-refractivity contribution in [3.8, 4) is 11.4 Å². The Morgan fingerprint density at radius 2 is 1.92 bits per heavy atom. The fourth-order valence-corrected chi connectivity index (χ4v) is 4.34. The Balaban J connectivity index is 1.19. The molecule has 2 aromatic carbocycles. The maximum atomic E-state index is 13.2. The van der Waals surface area contributed by atoms with Crippen molar-refractivity contribution in [2.45, 2.75) is 25.9 Å². The van der Waals surface area contributed by atoms with E-state index < -0.39 is 0 Å². The van der Waals surface area contributed by atoms with Crippen molar-refractivity contribution in [2.75, 3.05) is 18.4 Å². The van der Waals surface area contributed by atoms with Gasteiger partial charge in [0.25, 0.3) is 5.91 Å². The van der Waals surface area contributed by atoms with Gasteiger partial charge in [0.05, 0.1) is 36.5 Å². The van der Waals surface area contributed by atoms with Gasteiger partial charge in [-0.3, -0.25) is 14.5 Å². The van der Waals surface area contributed by atoms with Crippen LogP contribution in [0.3, 0.4) is 0 Å². The number of hydrogen-bond acceptors (Lipinski definition) is 7. The van der Waals surface area contributed by atoms with Gasteiger partial charge < -0.3 is 19.6 Å². The molecule has 37 heavy (non-hydrogen) atoms. The lowest BCUT2D eigenvalue weighted by Gasteiger charge is -2.31. The van der Waals surface area contributed by atoms with Gasteiger partial charge in [0.2, 0.25) is 17.6 Å². The van der Waals surface area contributed by atoms with E-state index in [1.807, 2.05) is 0 Å². The Morgan fingerprint density at radius 1 is 1.08 bits per heavy atom. The SMILES string of the molecule is O=C(NCc1ccco1)c1ccccc1NC(=O)C1CCCN(Cc2nc(-c3ccc(F)cc3)no2)C1. The van der Waals surface area contributed by atoms with E-state index in [-0.39, 0.29) is 30.1 Å². The molecule has 10 heteroatoms. The van der Waals surface area contributed by atoms with Crippen LogP contribution >= 0.6 is 0 Å². The van der Waals surface area contributed by atoms with E-state index in [9.17, 15) is 14.0 Å². The van der Waals surface area contributed by atoms with Crippen molar-refractivity contribution in [2.24, 2.45) is 5.92 Å². The minimum absolute atomic E-state index is 0.145. The van der Waals surface area contributed by atoms with Crippen LogP contribution in [0.4, 0.5) is 10.1 Å². The fourth-order valence-electron chi connectivity index (χ4n) is 4.34. The van der Waals surface area contributed by atoms with Gasteiger partial charge in [-0.1, -0.05) is 17.3 Å². The maximum Gasteiger partial charge on any atom is 0.253 e. The zero-order valence-electron chi connectivity index (χ0n) is 20.0. The third-order valence-electron chi connectivity index (χ3n) is 6.24. The number of furan rings is 1. The molecule has 9 nitrogen and oxygen atoms in total. The Labute approximate surface area is 212 Å². The molecule has 0 bridgehead atoms. The molecule has 2 N–H and O–H groups in total. The number of likely N-dealkylation sites (tertiary alicyclic amines) is 1. The van der Waals surface area contributed by atoms with Crippen molar-refractivity contribution in [1.82, 2.24) is 20.4 Å². The lowest BCUT2D eigenvalue weighted by atomic mass is 9.96. The molecule has 0 radical (unpaired) electrons. The van der Waals surface area contributed by atoms with Gasteiger partial charge in [0, 0.05) is 12.1 Å². The number of hydrogen-bond donors (Lipinski definition) is 2. The number of amides is 2. The smallest absolute Gasteiger partial charge is 0.253 e. The molecule has 1 atom stereocenters. The number of anilines is 1. The summed E-state index contributed by atoms with van der Waals surface area (Å²) in [5, 5.41) is 9.74. The van der Waals surface area contributed by atoms with E-state index >= 15 is 0 Å². The summed E-state index contributed by atoms with van der Waals surface area (Å²) < 4.78 is 23.8. The first kappa shape index (κ1) is 24.4. The molecule has 0 saturated carbocycles. The minimum Gasteiger partial charge on any atom is -0.467 e. The third-order valence-corrected chi connectivity index (χ3v) is 6.24. The van der Waals surface area contributed by atoms with Crippen LogP contribution in [0.25, 0.3) is 11.4 Å². The van der Waals surface area contributed by atoms with Crippen LogP contribution in [-0.2, 0) is 17.9 Å². The molecule has 190 valence electrons. The molecule has 2 aromatic heterocycles. The van der Waals surface area contributed by atoms with Gasteiger partial charge in [-0.25, -0.2) is 4.39 Å². The first-order chi connectivity index (χ1) is 18.0. The number of nitrogens with zero attached hydrogens (tertiary/aromatic N) is 3. The van der Waals surface area contributed by atoms with Gasteiger partial charge in [-0.2, -0.15) is 4.98 Å². The fraction of sp³-hybridized carbons (Fsp3) is 0.259. The van der Waals surface area contributed by atoms with Crippen LogP contribution in [-0.4, -0.2) is 39.9 Å². The highest BCUT2D eigenvalue weighted by Crippen LogP contribution is 2.23. The Morgan fingerprint density at radius 3 is 2.73 bits per heavy atom. The quantitative estimate of drug-likeness (QED) is 0.370. The molecule has 5 rings (SSSR count). The van der Waals surface area contributed by atoms with Crippen LogP contribution in [0.5, 0.6) is 0 Å². The molecule has 1 aliphatic heterocycles. The second kappa shape index (κ2) is 11.2. The Hall–Kier alpha value is -4.31. The molecule has 1 unspecified atom stereocenters. The van der Waals surface area contributed by atoms with Gasteiger partial charge in [-0.05, 0) is 67.9 Å². The molecule has 3 heterocycles. The summed E-state index contributed by atoms with van der Waals surface area (Å²) in [7, 11) is 0. The number of aromatic nitrogens is 2. The summed E-state index contributed by atoms with van der Waals surface area (Å²) in [5.74, 6) is 0.430. The predicted octanol–water partition coefficient (Wildman–Crippen LogP) is 4.25. The van der Waals surface area contributed by atoms with Gasteiger partial charge in [-0.15, -0.1) is 0 Å². The summed E-state index contributed by atoms with van der Waals surface area (Å²) in [4.78, 5) is 32.4. The number of halogens is 1. The average molecular weight is 504 g/mol. The standard InChI is InChI=1S/C27H26FN5O4/c28-20-11-9-18(10-12-20)25-31-24(37-32-25)17-33-13-3-5-19(16-33)26(34)30-23-8-2-1-7-22(23)27(35)29-15-21-6-4-14-36-21/h1-2,4,6-12,14,19H,3,5,13,15-17H2,(H,29,35)(H,30,34). The zero-order valence-corrected chi connectivity index (χ0v) is 20.0. The van der Waals surface area contributed by atoms with Gasteiger partial charge >= 0.3 is 0 Å². The van der Waals surface area contributed by atoms with E-state index in [0.29, 0.717) is 47.4 Å². The van der Waals surface area contributed by atoms with Gasteiger partial charge in [0.15, 0.2) is 0 Å². The number of benzene rings is 2. The molecule has 2 amide bonds. The molecule has 1 aliphatic rings. The van der Waals surface area contributed by atoms with E-state index in [0.717, 1.165) is 19.4 Å². The summed E-state index contributed by atoms with van der Waals surface area (Å²) in [6, 6.07) is 16.3. The number of rotatable bonds is 8. The summed E-state index contributed by atoms with van der Waals surface area (Å²) in [6.07, 6.45) is 3.12.